The van der Waals surface area contributed by atoms with E-state index in [2.05, 4.69) is 28.2 Å². The first-order valence-electron chi connectivity index (χ1n) is 5.37. The summed E-state index contributed by atoms with van der Waals surface area (Å²) in [4.78, 5) is 0. The second kappa shape index (κ2) is 4.52. The minimum absolute atomic E-state index is 0.208. The highest BCUT2D eigenvalue weighted by Crippen LogP contribution is 2.28. The molecule has 0 spiro atoms. The third kappa shape index (κ3) is 2.71. The predicted octanol–water partition coefficient (Wildman–Crippen LogP) is 4.19. The minimum Gasteiger partial charge on any atom is -0.382 e. The van der Waals surface area contributed by atoms with E-state index in [1.54, 1.807) is 12.1 Å². The van der Waals surface area contributed by atoms with Crippen molar-refractivity contribution in [3.05, 3.63) is 28.5 Å². The van der Waals surface area contributed by atoms with Crippen molar-refractivity contribution in [2.45, 2.75) is 32.2 Å². The van der Waals surface area contributed by atoms with E-state index in [0.29, 0.717) is 10.5 Å². The van der Waals surface area contributed by atoms with Gasteiger partial charge in [-0.2, -0.15) is 0 Å². The molecule has 2 unspecified atom stereocenters. The van der Waals surface area contributed by atoms with E-state index in [4.69, 9.17) is 0 Å². The molecule has 1 N–H and O–H groups in total. The lowest BCUT2D eigenvalue weighted by atomic mass is 10.1. The van der Waals surface area contributed by atoms with Crippen molar-refractivity contribution in [1.29, 1.82) is 0 Å². The van der Waals surface area contributed by atoms with Gasteiger partial charge in [-0.3, -0.25) is 0 Å². The summed E-state index contributed by atoms with van der Waals surface area (Å²) in [5.74, 6) is 0.603. The first-order valence-corrected chi connectivity index (χ1v) is 6.16. The van der Waals surface area contributed by atoms with Crippen LogP contribution >= 0.6 is 15.9 Å². The van der Waals surface area contributed by atoms with Gasteiger partial charge in [0.15, 0.2) is 0 Å². The fourth-order valence-corrected chi connectivity index (χ4v) is 2.54. The van der Waals surface area contributed by atoms with Crippen LogP contribution in [-0.2, 0) is 0 Å². The summed E-state index contributed by atoms with van der Waals surface area (Å²) in [5, 5.41) is 3.44. The summed E-state index contributed by atoms with van der Waals surface area (Å²) in [5.41, 5.74) is 1.00. The molecule has 1 aromatic rings. The number of anilines is 1. The van der Waals surface area contributed by atoms with Crippen molar-refractivity contribution in [2.24, 2.45) is 5.92 Å². The molecule has 15 heavy (non-hydrogen) atoms. The van der Waals surface area contributed by atoms with Gasteiger partial charge in [0, 0.05) is 11.7 Å². The lowest BCUT2D eigenvalue weighted by Crippen LogP contribution is -2.15. The first-order chi connectivity index (χ1) is 7.15. The Balaban J connectivity index is 2.02. The Morgan fingerprint density at radius 3 is 2.80 bits per heavy atom. The molecule has 1 aromatic carbocycles. The van der Waals surface area contributed by atoms with Crippen LogP contribution < -0.4 is 5.32 Å². The fraction of sp³-hybridized carbons (Fsp3) is 0.500. The Kier molecular flexibility index (Phi) is 3.29. The normalized spacial score (nSPS) is 25.5. The van der Waals surface area contributed by atoms with E-state index in [9.17, 15) is 4.39 Å². The molecule has 1 nitrogen and oxygen atoms in total. The molecule has 0 saturated heterocycles. The maximum atomic E-state index is 13.0. The molecular formula is C12H15BrFN. The zero-order chi connectivity index (χ0) is 10.8. The summed E-state index contributed by atoms with van der Waals surface area (Å²) in [7, 11) is 0. The van der Waals surface area contributed by atoms with E-state index >= 15 is 0 Å². The number of benzene rings is 1. The summed E-state index contributed by atoms with van der Waals surface area (Å²) in [6, 6.07) is 5.64. The molecule has 1 aliphatic rings. The molecule has 1 fully saturated rings. The van der Waals surface area contributed by atoms with Crippen LogP contribution in [0.1, 0.15) is 26.2 Å². The number of rotatable bonds is 2. The Bertz CT molecular complexity index is 353. The van der Waals surface area contributed by atoms with E-state index in [0.717, 1.165) is 11.6 Å². The van der Waals surface area contributed by atoms with Crippen molar-refractivity contribution in [3.63, 3.8) is 0 Å². The van der Waals surface area contributed by atoms with Crippen LogP contribution in [0, 0.1) is 11.7 Å². The number of hydrogen-bond acceptors (Lipinski definition) is 1. The quantitative estimate of drug-likeness (QED) is 0.851. The molecular weight excluding hydrogens is 257 g/mol. The zero-order valence-electron chi connectivity index (χ0n) is 8.76. The van der Waals surface area contributed by atoms with Crippen LogP contribution in [0.25, 0.3) is 0 Å². The molecule has 0 amide bonds. The van der Waals surface area contributed by atoms with Crippen molar-refractivity contribution in [1.82, 2.24) is 0 Å². The van der Waals surface area contributed by atoms with Crippen molar-refractivity contribution in [2.75, 3.05) is 5.32 Å². The van der Waals surface area contributed by atoms with Crippen molar-refractivity contribution < 1.29 is 4.39 Å². The van der Waals surface area contributed by atoms with Crippen molar-refractivity contribution in [3.8, 4) is 0 Å². The van der Waals surface area contributed by atoms with E-state index in [1.165, 1.54) is 25.3 Å². The molecule has 0 heterocycles. The molecule has 2 atom stereocenters. The Labute approximate surface area is 98.2 Å². The van der Waals surface area contributed by atoms with E-state index in [-0.39, 0.29) is 5.82 Å². The lowest BCUT2D eigenvalue weighted by Gasteiger charge is -2.14. The van der Waals surface area contributed by atoms with Gasteiger partial charge in [0.05, 0.1) is 4.47 Å². The molecule has 0 aliphatic heterocycles. The zero-order valence-corrected chi connectivity index (χ0v) is 10.3. The largest absolute Gasteiger partial charge is 0.382 e. The number of hydrogen-bond donors (Lipinski definition) is 1. The van der Waals surface area contributed by atoms with Gasteiger partial charge in [-0.05, 0) is 59.3 Å². The van der Waals surface area contributed by atoms with Crippen LogP contribution in [-0.4, -0.2) is 6.04 Å². The smallest absolute Gasteiger partial charge is 0.137 e. The summed E-state index contributed by atoms with van der Waals surface area (Å²) in [6.45, 7) is 2.28. The molecule has 1 saturated carbocycles. The SMILES string of the molecule is CC1CCC(Nc2ccc(F)c(Br)c2)C1. The van der Waals surface area contributed by atoms with E-state index < -0.39 is 0 Å². The average molecular weight is 272 g/mol. The lowest BCUT2D eigenvalue weighted by molar-refractivity contribution is 0.602. The monoisotopic (exact) mass is 271 g/mol. The molecule has 3 heteroatoms. The van der Waals surface area contributed by atoms with Gasteiger partial charge in [-0.15, -0.1) is 0 Å². The first kappa shape index (κ1) is 10.9. The van der Waals surface area contributed by atoms with Gasteiger partial charge in [0.2, 0.25) is 0 Å². The highest BCUT2D eigenvalue weighted by Gasteiger charge is 2.20. The fourth-order valence-electron chi connectivity index (χ4n) is 2.16. The Hall–Kier alpha value is -0.570. The van der Waals surface area contributed by atoms with Gasteiger partial charge in [0.25, 0.3) is 0 Å². The summed E-state index contributed by atoms with van der Waals surface area (Å²) < 4.78 is 13.5. The third-order valence-electron chi connectivity index (χ3n) is 2.99. The molecule has 0 bridgehead atoms. The average Bonchev–Trinajstić information content (AvgIpc) is 2.58. The second-order valence-corrected chi connectivity index (χ2v) is 5.24. The second-order valence-electron chi connectivity index (χ2n) is 4.39. The predicted molar refractivity (Wildman–Crippen MR) is 64.5 cm³/mol. The minimum atomic E-state index is -0.208. The topological polar surface area (TPSA) is 12.0 Å². The molecule has 2 rings (SSSR count). The maximum Gasteiger partial charge on any atom is 0.137 e. The van der Waals surface area contributed by atoms with Crippen LogP contribution in [0.3, 0.4) is 0 Å². The maximum absolute atomic E-state index is 13.0. The van der Waals surface area contributed by atoms with Gasteiger partial charge in [0.1, 0.15) is 5.82 Å². The molecule has 1 aliphatic carbocycles. The molecule has 82 valence electrons. The molecule has 0 radical (unpaired) electrons. The summed E-state index contributed by atoms with van der Waals surface area (Å²) >= 11 is 3.19. The van der Waals surface area contributed by atoms with Crippen LogP contribution in [0.4, 0.5) is 10.1 Å². The van der Waals surface area contributed by atoms with E-state index in [1.807, 2.05) is 0 Å². The highest BCUT2D eigenvalue weighted by atomic mass is 79.9. The van der Waals surface area contributed by atoms with Gasteiger partial charge in [-0.1, -0.05) is 6.92 Å². The van der Waals surface area contributed by atoms with Gasteiger partial charge in [-0.25, -0.2) is 4.39 Å². The highest BCUT2D eigenvalue weighted by molar-refractivity contribution is 9.10. The van der Waals surface area contributed by atoms with Crippen LogP contribution in [0.15, 0.2) is 22.7 Å². The number of nitrogens with one attached hydrogen (secondary N) is 1. The number of halogens is 2. The Morgan fingerprint density at radius 2 is 2.20 bits per heavy atom. The standard InChI is InChI=1S/C12H15BrFN/c1-8-2-3-9(6-8)15-10-4-5-12(14)11(13)7-10/h4-5,7-9,15H,2-3,6H2,1H3. The third-order valence-corrected chi connectivity index (χ3v) is 3.59. The van der Waals surface area contributed by atoms with Crippen molar-refractivity contribution >= 4 is 21.6 Å². The van der Waals surface area contributed by atoms with Gasteiger partial charge >= 0.3 is 0 Å². The van der Waals surface area contributed by atoms with Crippen LogP contribution in [0.2, 0.25) is 0 Å². The van der Waals surface area contributed by atoms with Crippen LogP contribution in [0.5, 0.6) is 0 Å². The molecule has 0 aromatic heterocycles. The Morgan fingerprint density at radius 1 is 1.40 bits per heavy atom. The van der Waals surface area contributed by atoms with Gasteiger partial charge < -0.3 is 5.32 Å². The summed E-state index contributed by atoms with van der Waals surface area (Å²) in [6.07, 6.45) is 3.73.